The Morgan fingerprint density at radius 3 is 3.13 bits per heavy atom. The van der Waals surface area contributed by atoms with E-state index in [0.29, 0.717) is 11.6 Å². The second-order valence-electron chi connectivity index (χ2n) is 4.23. The van der Waals surface area contributed by atoms with E-state index in [9.17, 15) is 0 Å². The van der Waals surface area contributed by atoms with Crippen molar-refractivity contribution < 1.29 is 4.74 Å². The molecule has 1 fully saturated rings. The van der Waals surface area contributed by atoms with Gasteiger partial charge in [-0.2, -0.15) is 0 Å². The van der Waals surface area contributed by atoms with Gasteiger partial charge in [-0.05, 0) is 38.4 Å². The summed E-state index contributed by atoms with van der Waals surface area (Å²) in [5, 5.41) is 3.32. The number of rotatable bonds is 2. The minimum atomic E-state index is -0.180. The van der Waals surface area contributed by atoms with E-state index in [4.69, 9.17) is 10.5 Å². The summed E-state index contributed by atoms with van der Waals surface area (Å²) in [4.78, 5) is 4.14. The smallest absolute Gasteiger partial charge is 0.237 e. The third kappa shape index (κ3) is 2.39. The molecule has 0 radical (unpaired) electrons. The summed E-state index contributed by atoms with van der Waals surface area (Å²) in [5.74, 6) is 0.545. The molecule has 0 saturated carbocycles. The zero-order valence-electron chi connectivity index (χ0n) is 8.99. The number of hydrogen-bond donors (Lipinski definition) is 2. The van der Waals surface area contributed by atoms with Crippen molar-refractivity contribution in [2.45, 2.75) is 25.4 Å². The Labute approximate surface area is 89.8 Å². The van der Waals surface area contributed by atoms with E-state index in [1.54, 1.807) is 6.20 Å². The van der Waals surface area contributed by atoms with Crippen molar-refractivity contribution in [3.8, 4) is 5.88 Å². The second-order valence-corrected chi connectivity index (χ2v) is 4.23. The lowest BCUT2D eigenvalue weighted by Gasteiger charge is -2.34. The molecule has 0 aliphatic carbocycles. The average Bonchev–Trinajstić information content (AvgIpc) is 2.22. The monoisotopic (exact) mass is 207 g/mol. The molecule has 4 heteroatoms. The Balaban J connectivity index is 2.10. The number of piperidine rings is 1. The Kier molecular flexibility index (Phi) is 2.77. The fraction of sp³-hybridized carbons (Fsp3) is 0.545. The first-order valence-electron chi connectivity index (χ1n) is 5.30. The molecule has 1 aromatic heterocycles. The topological polar surface area (TPSA) is 60.2 Å². The maximum absolute atomic E-state index is 5.87. The minimum absolute atomic E-state index is 0.180. The average molecular weight is 207 g/mol. The van der Waals surface area contributed by atoms with Crippen LogP contribution in [0.1, 0.15) is 19.8 Å². The molecular formula is C11H17N3O. The van der Waals surface area contributed by atoms with Crippen LogP contribution in [0.3, 0.4) is 0 Å². The minimum Gasteiger partial charge on any atom is -0.469 e. The fourth-order valence-corrected chi connectivity index (χ4v) is 1.84. The number of hydrogen-bond acceptors (Lipinski definition) is 4. The highest BCUT2D eigenvalue weighted by atomic mass is 16.5. The van der Waals surface area contributed by atoms with Crippen LogP contribution < -0.4 is 15.8 Å². The van der Waals surface area contributed by atoms with Crippen molar-refractivity contribution in [3.63, 3.8) is 0 Å². The lowest BCUT2D eigenvalue weighted by molar-refractivity contribution is 0.0575. The predicted octanol–water partition coefficient (Wildman–Crippen LogP) is 1.18. The Morgan fingerprint density at radius 1 is 1.60 bits per heavy atom. The van der Waals surface area contributed by atoms with Crippen molar-refractivity contribution in [1.29, 1.82) is 0 Å². The van der Waals surface area contributed by atoms with Crippen LogP contribution in [0.2, 0.25) is 0 Å². The standard InChI is InChI=1S/C11H17N3O/c1-11(5-3-6-13-8-11)15-10-9(12)4-2-7-14-10/h2,4,7,13H,3,5-6,8,12H2,1H3. The first-order chi connectivity index (χ1) is 7.20. The zero-order chi connectivity index (χ0) is 10.7. The van der Waals surface area contributed by atoms with E-state index >= 15 is 0 Å². The maximum atomic E-state index is 5.87. The molecule has 3 N–H and O–H groups in total. The van der Waals surface area contributed by atoms with Gasteiger partial charge in [-0.15, -0.1) is 0 Å². The molecule has 1 unspecified atom stereocenters. The molecule has 15 heavy (non-hydrogen) atoms. The maximum Gasteiger partial charge on any atom is 0.237 e. The van der Waals surface area contributed by atoms with Crippen LogP contribution in [0.25, 0.3) is 0 Å². The first kappa shape index (κ1) is 10.2. The number of ether oxygens (including phenoxy) is 1. The van der Waals surface area contributed by atoms with E-state index in [2.05, 4.69) is 17.2 Å². The highest BCUT2D eigenvalue weighted by Gasteiger charge is 2.29. The van der Waals surface area contributed by atoms with Crippen LogP contribution >= 0.6 is 0 Å². The zero-order valence-corrected chi connectivity index (χ0v) is 8.99. The molecule has 0 bridgehead atoms. The summed E-state index contributed by atoms with van der Waals surface area (Å²) in [6.07, 6.45) is 3.87. The molecule has 4 nitrogen and oxygen atoms in total. The van der Waals surface area contributed by atoms with Gasteiger partial charge in [0.15, 0.2) is 0 Å². The molecule has 0 spiro atoms. The third-order valence-electron chi connectivity index (χ3n) is 2.70. The lowest BCUT2D eigenvalue weighted by Crippen LogP contribution is -2.47. The summed E-state index contributed by atoms with van der Waals surface area (Å²) < 4.78 is 5.87. The first-order valence-corrected chi connectivity index (χ1v) is 5.30. The summed E-state index contributed by atoms with van der Waals surface area (Å²) >= 11 is 0. The molecule has 1 aliphatic rings. The van der Waals surface area contributed by atoms with Gasteiger partial charge in [0.1, 0.15) is 5.60 Å². The molecule has 82 valence electrons. The fourth-order valence-electron chi connectivity index (χ4n) is 1.84. The molecule has 1 atom stereocenters. The van der Waals surface area contributed by atoms with Gasteiger partial charge in [0.05, 0.1) is 5.69 Å². The van der Waals surface area contributed by atoms with Crippen molar-refractivity contribution in [2.24, 2.45) is 0 Å². The SMILES string of the molecule is CC1(Oc2ncccc2N)CCCNC1. The molecule has 2 heterocycles. The molecule has 0 amide bonds. The van der Waals surface area contributed by atoms with Crippen LogP contribution in [0.4, 0.5) is 5.69 Å². The van der Waals surface area contributed by atoms with Crippen molar-refractivity contribution in [2.75, 3.05) is 18.8 Å². The molecule has 2 rings (SSSR count). The van der Waals surface area contributed by atoms with Gasteiger partial charge in [0.25, 0.3) is 0 Å². The largest absolute Gasteiger partial charge is 0.469 e. The molecule has 1 aromatic rings. The number of anilines is 1. The van der Waals surface area contributed by atoms with Gasteiger partial charge in [-0.1, -0.05) is 0 Å². The van der Waals surface area contributed by atoms with Crippen LogP contribution in [-0.4, -0.2) is 23.7 Å². The predicted molar refractivity (Wildman–Crippen MR) is 59.8 cm³/mol. The Hall–Kier alpha value is -1.29. The van der Waals surface area contributed by atoms with E-state index in [-0.39, 0.29) is 5.60 Å². The van der Waals surface area contributed by atoms with Crippen LogP contribution in [-0.2, 0) is 0 Å². The van der Waals surface area contributed by atoms with Gasteiger partial charge in [0, 0.05) is 12.7 Å². The number of nitrogen functional groups attached to an aromatic ring is 1. The number of nitrogens with zero attached hydrogens (tertiary/aromatic N) is 1. The summed E-state index contributed by atoms with van der Waals surface area (Å²) in [7, 11) is 0. The summed E-state index contributed by atoms with van der Waals surface area (Å²) in [6, 6.07) is 3.62. The van der Waals surface area contributed by atoms with E-state index in [0.717, 1.165) is 25.9 Å². The molecule has 0 aromatic carbocycles. The van der Waals surface area contributed by atoms with Gasteiger partial charge in [0.2, 0.25) is 5.88 Å². The Morgan fingerprint density at radius 2 is 2.47 bits per heavy atom. The number of nitrogens with two attached hydrogens (primary N) is 1. The number of nitrogens with one attached hydrogen (secondary N) is 1. The number of pyridine rings is 1. The molecule has 1 aliphatic heterocycles. The van der Waals surface area contributed by atoms with Crippen LogP contribution in [0.15, 0.2) is 18.3 Å². The highest BCUT2D eigenvalue weighted by molar-refractivity contribution is 5.47. The molecule has 1 saturated heterocycles. The van der Waals surface area contributed by atoms with E-state index in [1.807, 2.05) is 12.1 Å². The van der Waals surface area contributed by atoms with Crippen molar-refractivity contribution >= 4 is 5.69 Å². The lowest BCUT2D eigenvalue weighted by atomic mass is 9.96. The summed E-state index contributed by atoms with van der Waals surface area (Å²) in [5.41, 5.74) is 6.21. The van der Waals surface area contributed by atoms with Gasteiger partial charge < -0.3 is 15.8 Å². The highest BCUT2D eigenvalue weighted by Crippen LogP contribution is 2.26. The van der Waals surface area contributed by atoms with Crippen molar-refractivity contribution in [3.05, 3.63) is 18.3 Å². The van der Waals surface area contributed by atoms with E-state index < -0.39 is 0 Å². The Bertz CT molecular complexity index is 334. The van der Waals surface area contributed by atoms with Crippen molar-refractivity contribution in [1.82, 2.24) is 10.3 Å². The molecular weight excluding hydrogens is 190 g/mol. The van der Waals surface area contributed by atoms with Crippen LogP contribution in [0, 0.1) is 0 Å². The van der Waals surface area contributed by atoms with Crippen LogP contribution in [0.5, 0.6) is 5.88 Å². The van der Waals surface area contributed by atoms with Gasteiger partial charge in [-0.25, -0.2) is 4.98 Å². The van der Waals surface area contributed by atoms with Gasteiger partial charge >= 0.3 is 0 Å². The normalized spacial score (nSPS) is 26.2. The van der Waals surface area contributed by atoms with E-state index in [1.165, 1.54) is 0 Å². The third-order valence-corrected chi connectivity index (χ3v) is 2.70. The summed E-state index contributed by atoms with van der Waals surface area (Å²) in [6.45, 7) is 4.01. The van der Waals surface area contributed by atoms with Gasteiger partial charge in [-0.3, -0.25) is 0 Å². The number of aromatic nitrogens is 1. The second kappa shape index (κ2) is 4.06. The quantitative estimate of drug-likeness (QED) is 0.764.